The molecular weight excluding hydrogens is 164 g/mol. The number of aliphatic hydroxyl groups excluding tert-OH is 1. The summed E-state index contributed by atoms with van der Waals surface area (Å²) in [7, 11) is 0. The van der Waals surface area contributed by atoms with Crippen LogP contribution in [0.3, 0.4) is 0 Å². The topological polar surface area (TPSA) is 49.5 Å². The van der Waals surface area contributed by atoms with Crippen molar-refractivity contribution in [1.29, 1.82) is 0 Å². The Hall–Kier alpha value is -0.120. The molecule has 78 valence electrons. The highest BCUT2D eigenvalue weighted by molar-refractivity contribution is 4.98. The highest BCUT2D eigenvalue weighted by atomic mass is 16.2. The van der Waals surface area contributed by atoms with E-state index in [1.54, 1.807) is 0 Å². The van der Waals surface area contributed by atoms with Crippen molar-refractivity contribution in [3.63, 3.8) is 0 Å². The number of rotatable bonds is 6. The zero-order chi connectivity index (χ0) is 9.73. The monoisotopic (exact) mass is 186 g/mol. The third-order valence-corrected chi connectivity index (χ3v) is 2.91. The molecule has 1 fully saturated rings. The van der Waals surface area contributed by atoms with Crippen LogP contribution in [0.4, 0.5) is 0 Å². The summed E-state index contributed by atoms with van der Waals surface area (Å²) in [5.74, 6) is 0. The van der Waals surface area contributed by atoms with Gasteiger partial charge in [0.1, 0.15) is 0 Å². The molecule has 3 heteroatoms. The number of aliphatic hydroxyl groups is 1. The maximum Gasteiger partial charge on any atom is 0.0431 e. The second kappa shape index (κ2) is 4.94. The Morgan fingerprint density at radius 2 is 2.00 bits per heavy atom. The molecule has 0 aromatic rings. The van der Waals surface area contributed by atoms with E-state index >= 15 is 0 Å². The van der Waals surface area contributed by atoms with Crippen LogP contribution in [0.2, 0.25) is 0 Å². The van der Waals surface area contributed by atoms with Crippen LogP contribution in [0, 0.1) is 0 Å². The Balaban J connectivity index is 1.96. The van der Waals surface area contributed by atoms with Crippen molar-refractivity contribution >= 4 is 0 Å². The van der Waals surface area contributed by atoms with Gasteiger partial charge in [0, 0.05) is 25.2 Å². The molecule has 0 spiro atoms. The zero-order valence-electron chi connectivity index (χ0n) is 8.63. The van der Waals surface area contributed by atoms with Crippen LogP contribution in [0.15, 0.2) is 0 Å². The van der Waals surface area contributed by atoms with Gasteiger partial charge in [-0.3, -0.25) is 4.90 Å². The third kappa shape index (κ3) is 3.25. The highest BCUT2D eigenvalue weighted by Crippen LogP contribution is 2.21. The van der Waals surface area contributed by atoms with Gasteiger partial charge in [-0.25, -0.2) is 0 Å². The van der Waals surface area contributed by atoms with Gasteiger partial charge in [0.15, 0.2) is 0 Å². The fourth-order valence-corrected chi connectivity index (χ4v) is 1.85. The molecule has 0 atom stereocenters. The van der Waals surface area contributed by atoms with Crippen molar-refractivity contribution in [3.05, 3.63) is 0 Å². The lowest BCUT2D eigenvalue weighted by molar-refractivity contribution is 0.0659. The lowest BCUT2D eigenvalue weighted by atomic mass is 9.88. The van der Waals surface area contributed by atoms with Crippen molar-refractivity contribution < 1.29 is 5.11 Å². The second-order valence-corrected chi connectivity index (χ2v) is 4.21. The van der Waals surface area contributed by atoms with Crippen molar-refractivity contribution in [2.75, 3.05) is 26.2 Å². The summed E-state index contributed by atoms with van der Waals surface area (Å²) >= 11 is 0. The standard InChI is InChI=1S/C10H22N2O/c1-2-10(11)8-12(9-10)6-4-3-5-7-13/h13H,2-9,11H2,1H3. The lowest BCUT2D eigenvalue weighted by Gasteiger charge is -2.47. The second-order valence-electron chi connectivity index (χ2n) is 4.21. The number of nitrogens with zero attached hydrogens (tertiary/aromatic N) is 1. The first-order valence-corrected chi connectivity index (χ1v) is 5.32. The van der Waals surface area contributed by atoms with Gasteiger partial charge < -0.3 is 10.8 Å². The van der Waals surface area contributed by atoms with Gasteiger partial charge in [-0.15, -0.1) is 0 Å². The molecule has 13 heavy (non-hydrogen) atoms. The van der Waals surface area contributed by atoms with Crippen LogP contribution < -0.4 is 5.73 Å². The van der Waals surface area contributed by atoms with Gasteiger partial charge in [0.25, 0.3) is 0 Å². The van der Waals surface area contributed by atoms with E-state index in [9.17, 15) is 0 Å². The minimum Gasteiger partial charge on any atom is -0.396 e. The Bertz CT molecular complexity index is 144. The molecular formula is C10H22N2O. The van der Waals surface area contributed by atoms with Crippen molar-refractivity contribution in [1.82, 2.24) is 4.90 Å². The number of nitrogens with two attached hydrogens (primary N) is 1. The number of hydrogen-bond donors (Lipinski definition) is 2. The maximum absolute atomic E-state index is 8.59. The minimum absolute atomic E-state index is 0.108. The zero-order valence-corrected chi connectivity index (χ0v) is 8.63. The molecule has 3 N–H and O–H groups in total. The summed E-state index contributed by atoms with van der Waals surface area (Å²) in [6.45, 7) is 5.75. The molecule has 0 aliphatic carbocycles. The minimum atomic E-state index is 0.108. The molecule has 1 aliphatic heterocycles. The number of likely N-dealkylation sites (tertiary alicyclic amines) is 1. The molecule has 1 rings (SSSR count). The molecule has 0 radical (unpaired) electrons. The van der Waals surface area contributed by atoms with Crippen molar-refractivity contribution in [2.45, 2.75) is 38.1 Å². The third-order valence-electron chi connectivity index (χ3n) is 2.91. The van der Waals surface area contributed by atoms with Gasteiger partial charge in [0.05, 0.1) is 0 Å². The van der Waals surface area contributed by atoms with E-state index in [1.165, 1.54) is 6.42 Å². The smallest absolute Gasteiger partial charge is 0.0431 e. The molecule has 1 heterocycles. The van der Waals surface area contributed by atoms with Gasteiger partial charge in [0.2, 0.25) is 0 Å². The predicted molar refractivity (Wildman–Crippen MR) is 54.6 cm³/mol. The molecule has 0 aromatic heterocycles. The highest BCUT2D eigenvalue weighted by Gasteiger charge is 2.36. The van der Waals surface area contributed by atoms with Crippen LogP contribution in [0.25, 0.3) is 0 Å². The van der Waals surface area contributed by atoms with Crippen LogP contribution in [-0.4, -0.2) is 41.8 Å². The average Bonchev–Trinajstić information content (AvgIpc) is 2.08. The first-order valence-electron chi connectivity index (χ1n) is 5.32. The first-order chi connectivity index (χ1) is 6.20. The molecule has 0 aromatic carbocycles. The lowest BCUT2D eigenvalue weighted by Crippen LogP contribution is -2.66. The van der Waals surface area contributed by atoms with E-state index < -0.39 is 0 Å². The normalized spacial score (nSPS) is 21.5. The molecule has 0 bridgehead atoms. The summed E-state index contributed by atoms with van der Waals surface area (Å²) in [5, 5.41) is 8.59. The van der Waals surface area contributed by atoms with E-state index in [4.69, 9.17) is 10.8 Å². The predicted octanol–water partition coefficient (Wildman–Crippen LogP) is 0.572. The van der Waals surface area contributed by atoms with Crippen LogP contribution >= 0.6 is 0 Å². The summed E-state index contributed by atoms with van der Waals surface area (Å²) < 4.78 is 0. The van der Waals surface area contributed by atoms with Crippen LogP contribution in [-0.2, 0) is 0 Å². The van der Waals surface area contributed by atoms with Crippen LogP contribution in [0.1, 0.15) is 32.6 Å². The molecule has 0 saturated carbocycles. The van der Waals surface area contributed by atoms with E-state index in [0.29, 0.717) is 6.61 Å². The van der Waals surface area contributed by atoms with Crippen molar-refractivity contribution in [3.8, 4) is 0 Å². The molecule has 1 saturated heterocycles. The molecule has 1 aliphatic rings. The number of hydrogen-bond acceptors (Lipinski definition) is 3. The molecule has 0 unspecified atom stereocenters. The fourth-order valence-electron chi connectivity index (χ4n) is 1.85. The van der Waals surface area contributed by atoms with E-state index in [0.717, 1.165) is 38.9 Å². The van der Waals surface area contributed by atoms with E-state index in [1.807, 2.05) is 0 Å². The SMILES string of the molecule is CCC1(N)CN(CCCCCO)C1. The fraction of sp³-hybridized carbons (Fsp3) is 1.00. The quantitative estimate of drug-likeness (QED) is 0.596. The van der Waals surface area contributed by atoms with Crippen molar-refractivity contribution in [2.24, 2.45) is 5.73 Å². The summed E-state index contributed by atoms with van der Waals surface area (Å²) in [4.78, 5) is 2.40. The Labute approximate surface area is 80.9 Å². The summed E-state index contributed by atoms with van der Waals surface area (Å²) in [6.07, 6.45) is 4.35. The van der Waals surface area contributed by atoms with Gasteiger partial charge in [-0.05, 0) is 32.2 Å². The van der Waals surface area contributed by atoms with Gasteiger partial charge >= 0.3 is 0 Å². The van der Waals surface area contributed by atoms with E-state index in [2.05, 4.69) is 11.8 Å². The molecule has 3 nitrogen and oxygen atoms in total. The average molecular weight is 186 g/mol. The first kappa shape index (κ1) is 11.0. The van der Waals surface area contributed by atoms with Gasteiger partial charge in [-0.2, -0.15) is 0 Å². The largest absolute Gasteiger partial charge is 0.396 e. The van der Waals surface area contributed by atoms with E-state index in [-0.39, 0.29) is 5.54 Å². The Morgan fingerprint density at radius 3 is 2.54 bits per heavy atom. The van der Waals surface area contributed by atoms with Crippen LogP contribution in [0.5, 0.6) is 0 Å². The van der Waals surface area contributed by atoms with Gasteiger partial charge in [-0.1, -0.05) is 6.92 Å². The number of unbranched alkanes of at least 4 members (excludes halogenated alkanes) is 2. The molecule has 0 amide bonds. The maximum atomic E-state index is 8.59. The summed E-state index contributed by atoms with van der Waals surface area (Å²) in [5.41, 5.74) is 6.15. The Morgan fingerprint density at radius 1 is 1.31 bits per heavy atom. The summed E-state index contributed by atoms with van der Waals surface area (Å²) in [6, 6.07) is 0. The Kier molecular flexibility index (Phi) is 4.16.